The molecule has 164 valence electrons. The Bertz CT molecular complexity index is 997. The minimum atomic E-state index is -2.89. The van der Waals surface area contributed by atoms with Gasteiger partial charge in [0.15, 0.2) is 5.82 Å². The molecule has 3 N–H and O–H groups in total. The minimum absolute atomic E-state index is 0.0335. The Morgan fingerprint density at radius 2 is 1.81 bits per heavy atom. The molecule has 31 heavy (non-hydrogen) atoms. The first-order chi connectivity index (χ1) is 14.8. The second-order valence-electron chi connectivity index (χ2n) is 7.07. The summed E-state index contributed by atoms with van der Waals surface area (Å²) in [5.74, 6) is 6.64. The van der Waals surface area contributed by atoms with Crippen LogP contribution in [0.4, 0.5) is 8.78 Å². The summed E-state index contributed by atoms with van der Waals surface area (Å²) in [6, 6.07) is 15.6. The quantitative estimate of drug-likeness (QED) is 0.382. The standard InChI is InChI=1S/C21H23F2N5O2S/c1-13(2)18(14-6-4-3-5-7-14)25-17(29)12-31-21-27-26-19(28(21)24)15-8-10-16(11-9-15)30-20(22)23/h3-11,13,18,20H,12,24H2,1-2H3,(H,25,29). The number of alkyl halides is 2. The fourth-order valence-electron chi connectivity index (χ4n) is 3.00. The van der Waals surface area contributed by atoms with Gasteiger partial charge in [-0.2, -0.15) is 8.78 Å². The van der Waals surface area contributed by atoms with Crippen molar-refractivity contribution < 1.29 is 18.3 Å². The maximum absolute atomic E-state index is 12.5. The van der Waals surface area contributed by atoms with E-state index in [1.165, 1.54) is 16.8 Å². The molecule has 3 rings (SSSR count). The molecule has 0 saturated heterocycles. The largest absolute Gasteiger partial charge is 0.435 e. The summed E-state index contributed by atoms with van der Waals surface area (Å²) >= 11 is 1.16. The average Bonchev–Trinajstić information content (AvgIpc) is 3.11. The number of hydrogen-bond acceptors (Lipinski definition) is 6. The summed E-state index contributed by atoms with van der Waals surface area (Å²) in [7, 11) is 0. The van der Waals surface area contributed by atoms with Crippen molar-refractivity contribution in [3.8, 4) is 17.1 Å². The molecule has 0 aliphatic carbocycles. The number of nitrogens with zero attached hydrogens (tertiary/aromatic N) is 3. The van der Waals surface area contributed by atoms with Crippen molar-refractivity contribution in [3.63, 3.8) is 0 Å². The van der Waals surface area contributed by atoms with Crippen LogP contribution in [0.25, 0.3) is 11.4 Å². The molecule has 1 atom stereocenters. The van der Waals surface area contributed by atoms with Crippen molar-refractivity contribution in [2.45, 2.75) is 31.7 Å². The van der Waals surface area contributed by atoms with E-state index < -0.39 is 6.61 Å². The van der Waals surface area contributed by atoms with E-state index in [0.717, 1.165) is 17.3 Å². The van der Waals surface area contributed by atoms with Gasteiger partial charge in [0.2, 0.25) is 11.1 Å². The summed E-state index contributed by atoms with van der Waals surface area (Å²) in [6.45, 7) is 1.20. The number of nitrogens with one attached hydrogen (secondary N) is 1. The van der Waals surface area contributed by atoms with Gasteiger partial charge in [0.05, 0.1) is 11.8 Å². The molecule has 0 aliphatic heterocycles. The number of benzene rings is 2. The van der Waals surface area contributed by atoms with Crippen LogP contribution in [0, 0.1) is 5.92 Å². The van der Waals surface area contributed by atoms with Crippen LogP contribution in [0.3, 0.4) is 0 Å². The van der Waals surface area contributed by atoms with Gasteiger partial charge < -0.3 is 15.9 Å². The predicted molar refractivity (Wildman–Crippen MR) is 115 cm³/mol. The first kappa shape index (κ1) is 22.5. The topological polar surface area (TPSA) is 95.1 Å². The summed E-state index contributed by atoms with van der Waals surface area (Å²) in [4.78, 5) is 12.5. The first-order valence-electron chi connectivity index (χ1n) is 9.58. The fourth-order valence-corrected chi connectivity index (χ4v) is 3.67. The lowest BCUT2D eigenvalue weighted by Crippen LogP contribution is -2.33. The molecule has 0 spiro atoms. The van der Waals surface area contributed by atoms with E-state index in [1.807, 2.05) is 44.2 Å². The van der Waals surface area contributed by atoms with E-state index in [9.17, 15) is 13.6 Å². The summed E-state index contributed by atoms with van der Waals surface area (Å²) in [5.41, 5.74) is 1.62. The molecule has 0 bridgehead atoms. The van der Waals surface area contributed by atoms with Crippen molar-refractivity contribution in [2.75, 3.05) is 11.6 Å². The third-order valence-electron chi connectivity index (χ3n) is 4.48. The number of ether oxygens (including phenoxy) is 1. The van der Waals surface area contributed by atoms with Gasteiger partial charge in [0.1, 0.15) is 5.75 Å². The lowest BCUT2D eigenvalue weighted by atomic mass is 9.96. The summed E-state index contributed by atoms with van der Waals surface area (Å²) < 4.78 is 30.1. The highest BCUT2D eigenvalue weighted by molar-refractivity contribution is 7.99. The van der Waals surface area contributed by atoms with Crippen molar-refractivity contribution in [3.05, 3.63) is 60.2 Å². The molecule has 0 saturated carbocycles. The molecule has 0 fully saturated rings. The molecule has 0 radical (unpaired) electrons. The highest BCUT2D eigenvalue weighted by Crippen LogP contribution is 2.25. The second kappa shape index (κ2) is 10.3. The number of hydrogen-bond donors (Lipinski definition) is 2. The van der Waals surface area contributed by atoms with Gasteiger partial charge in [-0.1, -0.05) is 55.9 Å². The molecule has 1 unspecified atom stereocenters. The van der Waals surface area contributed by atoms with Crippen LogP contribution in [0.1, 0.15) is 25.5 Å². The molecular weight excluding hydrogens is 424 g/mol. The van der Waals surface area contributed by atoms with Gasteiger partial charge >= 0.3 is 6.61 Å². The normalized spacial score (nSPS) is 12.2. The van der Waals surface area contributed by atoms with Gasteiger partial charge in [0.25, 0.3) is 0 Å². The molecular formula is C21H23F2N5O2S. The maximum atomic E-state index is 12.5. The first-order valence-corrected chi connectivity index (χ1v) is 10.6. The molecule has 10 heteroatoms. The summed E-state index contributed by atoms with van der Waals surface area (Å²) in [6.07, 6.45) is 0. The van der Waals surface area contributed by atoms with Crippen molar-refractivity contribution in [1.29, 1.82) is 0 Å². The number of carbonyl (C=O) groups excluding carboxylic acids is 1. The Balaban J connectivity index is 1.62. The molecule has 1 amide bonds. The number of thioether (sulfide) groups is 1. The van der Waals surface area contributed by atoms with Crippen molar-refractivity contribution in [2.24, 2.45) is 5.92 Å². The molecule has 1 aromatic heterocycles. The number of amides is 1. The smallest absolute Gasteiger partial charge is 0.387 e. The predicted octanol–water partition coefficient (Wildman–Crippen LogP) is 3.87. The second-order valence-corrected chi connectivity index (χ2v) is 8.01. The van der Waals surface area contributed by atoms with E-state index in [1.54, 1.807) is 12.1 Å². The summed E-state index contributed by atoms with van der Waals surface area (Å²) in [5, 5.41) is 11.5. The van der Waals surface area contributed by atoms with E-state index in [4.69, 9.17) is 5.84 Å². The van der Waals surface area contributed by atoms with E-state index in [-0.39, 0.29) is 29.4 Å². The van der Waals surface area contributed by atoms with Crippen LogP contribution < -0.4 is 15.9 Å². The number of nitrogens with two attached hydrogens (primary N) is 1. The third-order valence-corrected chi connectivity index (χ3v) is 5.42. The van der Waals surface area contributed by atoms with Gasteiger partial charge in [-0.05, 0) is 35.7 Å². The maximum Gasteiger partial charge on any atom is 0.387 e. The van der Waals surface area contributed by atoms with Crippen LogP contribution in [-0.2, 0) is 4.79 Å². The Morgan fingerprint density at radius 3 is 2.42 bits per heavy atom. The van der Waals surface area contributed by atoms with Crippen LogP contribution in [0.5, 0.6) is 5.75 Å². The Hall–Kier alpha value is -3.14. The minimum Gasteiger partial charge on any atom is -0.435 e. The van der Waals surface area contributed by atoms with Crippen molar-refractivity contribution >= 4 is 17.7 Å². The Morgan fingerprint density at radius 1 is 1.13 bits per heavy atom. The molecule has 7 nitrogen and oxygen atoms in total. The number of halogens is 2. The van der Waals surface area contributed by atoms with Gasteiger partial charge in [-0.3, -0.25) is 4.79 Å². The van der Waals surface area contributed by atoms with Gasteiger partial charge in [-0.15, -0.1) is 10.2 Å². The number of aromatic nitrogens is 3. The zero-order valence-corrected chi connectivity index (χ0v) is 17.9. The molecule has 0 aliphatic rings. The molecule has 1 heterocycles. The fraction of sp³-hybridized carbons (Fsp3) is 0.286. The van der Waals surface area contributed by atoms with Crippen LogP contribution in [0.15, 0.2) is 59.8 Å². The SMILES string of the molecule is CC(C)C(NC(=O)CSc1nnc(-c2ccc(OC(F)F)cc2)n1N)c1ccccc1. The zero-order chi connectivity index (χ0) is 22.4. The Kier molecular flexibility index (Phi) is 7.45. The lowest BCUT2D eigenvalue weighted by Gasteiger charge is -2.22. The number of carbonyl (C=O) groups is 1. The van der Waals surface area contributed by atoms with Gasteiger partial charge in [0, 0.05) is 5.56 Å². The monoisotopic (exact) mass is 447 g/mol. The zero-order valence-electron chi connectivity index (χ0n) is 17.0. The highest BCUT2D eigenvalue weighted by atomic mass is 32.2. The molecule has 2 aromatic carbocycles. The number of rotatable bonds is 9. The van der Waals surface area contributed by atoms with Gasteiger partial charge in [-0.25, -0.2) is 4.68 Å². The average molecular weight is 448 g/mol. The van der Waals surface area contributed by atoms with Crippen LogP contribution in [-0.4, -0.2) is 33.1 Å². The van der Waals surface area contributed by atoms with E-state index in [2.05, 4.69) is 20.3 Å². The third kappa shape index (κ3) is 5.94. The lowest BCUT2D eigenvalue weighted by molar-refractivity contribution is -0.119. The number of nitrogen functional groups attached to an aromatic ring is 1. The van der Waals surface area contributed by atoms with E-state index in [0.29, 0.717) is 16.5 Å². The van der Waals surface area contributed by atoms with Crippen LogP contribution in [0.2, 0.25) is 0 Å². The highest BCUT2D eigenvalue weighted by Gasteiger charge is 2.19. The van der Waals surface area contributed by atoms with E-state index >= 15 is 0 Å². The molecule has 3 aromatic rings. The van der Waals surface area contributed by atoms with Crippen LogP contribution >= 0.6 is 11.8 Å². The van der Waals surface area contributed by atoms with Crippen molar-refractivity contribution in [1.82, 2.24) is 20.2 Å². The Labute approximate surface area is 183 Å².